The zero-order valence-corrected chi connectivity index (χ0v) is 12.8. The molecule has 0 saturated heterocycles. The van der Waals surface area contributed by atoms with Crippen molar-refractivity contribution in [3.05, 3.63) is 18.5 Å². The number of hydrogen-bond acceptors (Lipinski definition) is 4. The molecule has 1 rings (SSSR count). The lowest BCUT2D eigenvalue weighted by Gasteiger charge is -2.22. The molecule has 0 aliphatic carbocycles. The van der Waals surface area contributed by atoms with Crippen LogP contribution in [0.1, 0.15) is 41.5 Å². The van der Waals surface area contributed by atoms with Crippen molar-refractivity contribution >= 4 is 11.9 Å². The zero-order valence-electron chi connectivity index (χ0n) is 12.8. The SMILES string of the molecule is CC.C[C@H](CNc1ncccn1)NC(=O)C(C)(C)C. The average Bonchev–Trinajstić information content (AvgIpc) is 2.39. The third-order valence-corrected chi connectivity index (χ3v) is 2.19. The predicted octanol–water partition coefficient (Wildman–Crippen LogP) is 2.47. The van der Waals surface area contributed by atoms with Gasteiger partial charge in [-0.25, -0.2) is 9.97 Å². The van der Waals surface area contributed by atoms with Crippen molar-refractivity contribution < 1.29 is 4.79 Å². The molecule has 19 heavy (non-hydrogen) atoms. The van der Waals surface area contributed by atoms with Crippen LogP contribution in [-0.4, -0.2) is 28.5 Å². The molecule has 1 amide bonds. The van der Waals surface area contributed by atoms with Crippen LogP contribution in [-0.2, 0) is 4.79 Å². The third-order valence-electron chi connectivity index (χ3n) is 2.19. The van der Waals surface area contributed by atoms with Gasteiger partial charge < -0.3 is 10.6 Å². The van der Waals surface area contributed by atoms with Crippen molar-refractivity contribution in [2.75, 3.05) is 11.9 Å². The number of nitrogens with one attached hydrogen (secondary N) is 2. The smallest absolute Gasteiger partial charge is 0.225 e. The largest absolute Gasteiger partial charge is 0.352 e. The van der Waals surface area contributed by atoms with Gasteiger partial charge in [0.2, 0.25) is 11.9 Å². The van der Waals surface area contributed by atoms with Gasteiger partial charge in [0.15, 0.2) is 0 Å². The van der Waals surface area contributed by atoms with Crippen LogP contribution in [0.25, 0.3) is 0 Å². The molecule has 5 heteroatoms. The monoisotopic (exact) mass is 266 g/mol. The average molecular weight is 266 g/mol. The second kappa shape index (κ2) is 8.45. The summed E-state index contributed by atoms with van der Waals surface area (Å²) in [6.45, 7) is 12.2. The highest BCUT2D eigenvalue weighted by molar-refractivity contribution is 5.81. The minimum Gasteiger partial charge on any atom is -0.352 e. The van der Waals surface area contributed by atoms with Gasteiger partial charge in [-0.2, -0.15) is 0 Å². The third kappa shape index (κ3) is 7.39. The van der Waals surface area contributed by atoms with Gasteiger partial charge in [0.25, 0.3) is 0 Å². The predicted molar refractivity (Wildman–Crippen MR) is 78.9 cm³/mol. The summed E-state index contributed by atoms with van der Waals surface area (Å²) in [4.78, 5) is 19.8. The first-order valence-corrected chi connectivity index (χ1v) is 6.71. The van der Waals surface area contributed by atoms with Crippen molar-refractivity contribution in [1.29, 1.82) is 0 Å². The molecule has 0 fully saturated rings. The van der Waals surface area contributed by atoms with Crippen molar-refractivity contribution in [2.45, 2.75) is 47.6 Å². The van der Waals surface area contributed by atoms with Crippen LogP contribution in [0.4, 0.5) is 5.95 Å². The van der Waals surface area contributed by atoms with E-state index in [0.717, 1.165) is 0 Å². The van der Waals surface area contributed by atoms with E-state index in [0.29, 0.717) is 12.5 Å². The van der Waals surface area contributed by atoms with E-state index in [1.807, 2.05) is 41.5 Å². The number of hydrogen-bond donors (Lipinski definition) is 2. The molecular weight excluding hydrogens is 240 g/mol. The Morgan fingerprint density at radius 2 is 1.79 bits per heavy atom. The molecule has 1 heterocycles. The van der Waals surface area contributed by atoms with E-state index in [4.69, 9.17) is 0 Å². The highest BCUT2D eigenvalue weighted by Gasteiger charge is 2.22. The Balaban J connectivity index is 0.00000154. The molecule has 108 valence electrons. The Morgan fingerprint density at radius 3 is 2.26 bits per heavy atom. The van der Waals surface area contributed by atoms with E-state index >= 15 is 0 Å². The first-order chi connectivity index (χ1) is 8.89. The van der Waals surface area contributed by atoms with Crippen LogP contribution in [0.2, 0.25) is 0 Å². The standard InChI is InChI=1S/C12H20N4O.C2H6/c1-9(16-10(17)12(2,3)4)8-15-11-13-6-5-7-14-11;1-2/h5-7,9H,8H2,1-4H3,(H,16,17)(H,13,14,15);1-2H3/t9-;/m1./s1. The lowest BCUT2D eigenvalue weighted by molar-refractivity contribution is -0.129. The molecule has 0 aliphatic heterocycles. The summed E-state index contributed by atoms with van der Waals surface area (Å²) in [5.41, 5.74) is -0.364. The Labute approximate surface area is 116 Å². The first kappa shape index (κ1) is 17.4. The van der Waals surface area contributed by atoms with E-state index in [1.54, 1.807) is 18.5 Å². The van der Waals surface area contributed by atoms with Gasteiger partial charge in [0.1, 0.15) is 0 Å². The number of rotatable bonds is 4. The number of carbonyl (C=O) groups is 1. The Morgan fingerprint density at radius 1 is 1.26 bits per heavy atom. The van der Waals surface area contributed by atoms with Crippen molar-refractivity contribution in [3.8, 4) is 0 Å². The summed E-state index contributed by atoms with van der Waals surface area (Å²) in [5.74, 6) is 0.616. The number of amides is 1. The van der Waals surface area contributed by atoms with Crippen LogP contribution < -0.4 is 10.6 Å². The van der Waals surface area contributed by atoms with E-state index in [-0.39, 0.29) is 17.4 Å². The summed E-state index contributed by atoms with van der Waals surface area (Å²) in [7, 11) is 0. The maximum Gasteiger partial charge on any atom is 0.225 e. The minimum atomic E-state index is -0.364. The van der Waals surface area contributed by atoms with E-state index in [2.05, 4.69) is 20.6 Å². The molecular formula is C14H26N4O. The fraction of sp³-hybridized carbons (Fsp3) is 0.643. The van der Waals surface area contributed by atoms with E-state index in [9.17, 15) is 4.79 Å². The summed E-state index contributed by atoms with van der Waals surface area (Å²) < 4.78 is 0. The highest BCUT2D eigenvalue weighted by Crippen LogP contribution is 2.12. The van der Waals surface area contributed by atoms with Crippen LogP contribution in [0.15, 0.2) is 18.5 Å². The van der Waals surface area contributed by atoms with Crippen molar-refractivity contribution in [2.24, 2.45) is 5.41 Å². The fourth-order valence-corrected chi connectivity index (χ4v) is 1.13. The van der Waals surface area contributed by atoms with Crippen LogP contribution in [0.3, 0.4) is 0 Å². The maximum atomic E-state index is 11.7. The maximum absolute atomic E-state index is 11.7. The molecule has 1 aromatic rings. The second-order valence-electron chi connectivity index (χ2n) is 5.08. The molecule has 0 unspecified atom stereocenters. The van der Waals surface area contributed by atoms with Crippen LogP contribution >= 0.6 is 0 Å². The van der Waals surface area contributed by atoms with E-state index < -0.39 is 0 Å². The normalized spacial score (nSPS) is 11.9. The van der Waals surface area contributed by atoms with Gasteiger partial charge in [0.05, 0.1) is 0 Å². The minimum absolute atomic E-state index is 0.0329. The van der Waals surface area contributed by atoms with Crippen molar-refractivity contribution in [1.82, 2.24) is 15.3 Å². The Bertz CT molecular complexity index is 359. The molecule has 0 bridgehead atoms. The van der Waals surface area contributed by atoms with Crippen molar-refractivity contribution in [3.63, 3.8) is 0 Å². The summed E-state index contributed by atoms with van der Waals surface area (Å²) >= 11 is 0. The van der Waals surface area contributed by atoms with Gasteiger partial charge in [0, 0.05) is 30.4 Å². The lowest BCUT2D eigenvalue weighted by Crippen LogP contribution is -2.43. The van der Waals surface area contributed by atoms with Crippen LogP contribution in [0.5, 0.6) is 0 Å². The zero-order chi connectivity index (χ0) is 14.9. The number of anilines is 1. The summed E-state index contributed by atoms with van der Waals surface area (Å²) in [6, 6.07) is 1.79. The topological polar surface area (TPSA) is 66.9 Å². The quantitative estimate of drug-likeness (QED) is 0.878. The number of carbonyl (C=O) groups excluding carboxylic acids is 1. The summed E-state index contributed by atoms with van der Waals surface area (Å²) in [5, 5.41) is 6.00. The molecule has 5 nitrogen and oxygen atoms in total. The molecule has 0 spiro atoms. The Hall–Kier alpha value is -1.65. The molecule has 0 aliphatic rings. The van der Waals surface area contributed by atoms with Gasteiger partial charge >= 0.3 is 0 Å². The van der Waals surface area contributed by atoms with Gasteiger partial charge in [-0.3, -0.25) is 4.79 Å². The lowest BCUT2D eigenvalue weighted by atomic mass is 9.95. The first-order valence-electron chi connectivity index (χ1n) is 6.71. The Kier molecular flexibility index (Phi) is 7.72. The molecule has 1 aromatic heterocycles. The molecule has 0 saturated carbocycles. The summed E-state index contributed by atoms with van der Waals surface area (Å²) in [6.07, 6.45) is 3.35. The molecule has 1 atom stereocenters. The van der Waals surface area contributed by atoms with E-state index in [1.165, 1.54) is 0 Å². The highest BCUT2D eigenvalue weighted by atomic mass is 16.2. The molecule has 0 aromatic carbocycles. The fourth-order valence-electron chi connectivity index (χ4n) is 1.13. The van der Waals surface area contributed by atoms with Gasteiger partial charge in [-0.1, -0.05) is 34.6 Å². The molecule has 2 N–H and O–H groups in total. The number of nitrogens with zero attached hydrogens (tertiary/aromatic N) is 2. The van der Waals surface area contributed by atoms with Crippen LogP contribution in [0, 0.1) is 5.41 Å². The van der Waals surface area contributed by atoms with Gasteiger partial charge in [-0.05, 0) is 13.0 Å². The second-order valence-corrected chi connectivity index (χ2v) is 5.08. The van der Waals surface area contributed by atoms with Gasteiger partial charge in [-0.15, -0.1) is 0 Å². The molecule has 0 radical (unpaired) electrons. The number of aromatic nitrogens is 2.